The molecule has 0 aromatic rings. The first-order valence-electron chi connectivity index (χ1n) is 6.68. The molecule has 0 bridgehead atoms. The molecule has 1 aliphatic heterocycles. The van der Waals surface area contributed by atoms with E-state index in [0.29, 0.717) is 13.0 Å². The molecule has 1 heterocycles. The Hall–Kier alpha value is -0.610. The van der Waals surface area contributed by atoms with E-state index in [1.807, 2.05) is 25.7 Å². The van der Waals surface area contributed by atoms with Crippen molar-refractivity contribution in [1.29, 1.82) is 0 Å². The molecule has 1 rings (SSSR count). The topological polar surface area (TPSA) is 52.6 Å². The van der Waals surface area contributed by atoms with E-state index >= 15 is 0 Å². The molecule has 1 saturated heterocycles. The molecule has 1 amide bonds. The third-order valence-electron chi connectivity index (χ3n) is 3.50. The Bertz CT molecular complexity index is 254. The second-order valence-electron chi connectivity index (χ2n) is 5.38. The Morgan fingerprint density at radius 1 is 1.47 bits per heavy atom. The first-order chi connectivity index (χ1) is 7.96. The zero-order valence-electron chi connectivity index (χ0n) is 11.3. The maximum atomic E-state index is 12.2. The van der Waals surface area contributed by atoms with Gasteiger partial charge in [-0.2, -0.15) is 0 Å². The van der Waals surface area contributed by atoms with Crippen LogP contribution in [0.4, 0.5) is 0 Å². The van der Waals surface area contributed by atoms with Crippen LogP contribution in [0.1, 0.15) is 40.0 Å². The third-order valence-corrected chi connectivity index (χ3v) is 3.50. The summed E-state index contributed by atoms with van der Waals surface area (Å²) in [5, 5.41) is 13.2. The van der Waals surface area contributed by atoms with Crippen molar-refractivity contribution in [2.45, 2.75) is 45.6 Å². The number of amides is 1. The van der Waals surface area contributed by atoms with Crippen LogP contribution in [-0.2, 0) is 4.79 Å². The van der Waals surface area contributed by atoms with Gasteiger partial charge in [-0.1, -0.05) is 13.8 Å². The van der Waals surface area contributed by atoms with Gasteiger partial charge in [-0.05, 0) is 32.7 Å². The minimum atomic E-state index is -0.597. The first-order valence-corrected chi connectivity index (χ1v) is 6.68. The Morgan fingerprint density at radius 2 is 2.18 bits per heavy atom. The fourth-order valence-electron chi connectivity index (χ4n) is 2.24. The minimum Gasteiger partial charge on any atom is -0.390 e. The van der Waals surface area contributed by atoms with Crippen molar-refractivity contribution in [3.8, 4) is 0 Å². The van der Waals surface area contributed by atoms with Crippen molar-refractivity contribution >= 4 is 5.91 Å². The van der Waals surface area contributed by atoms with Gasteiger partial charge in [0, 0.05) is 25.6 Å². The standard InChI is InChI=1S/C13H26N2O2/c1-4-14-10-11(2)12(16)15-8-5-6-13(3,17)7-9-15/h11,14,17H,4-10H2,1-3H3. The number of hydrogen-bond acceptors (Lipinski definition) is 3. The summed E-state index contributed by atoms with van der Waals surface area (Å²) in [4.78, 5) is 14.1. The zero-order chi connectivity index (χ0) is 12.9. The average Bonchev–Trinajstić information content (AvgIpc) is 2.46. The van der Waals surface area contributed by atoms with E-state index in [0.717, 1.165) is 32.5 Å². The average molecular weight is 242 g/mol. The third kappa shape index (κ3) is 4.64. The molecule has 0 saturated carbocycles. The molecule has 2 atom stereocenters. The number of nitrogens with one attached hydrogen (secondary N) is 1. The van der Waals surface area contributed by atoms with Crippen molar-refractivity contribution in [2.75, 3.05) is 26.2 Å². The summed E-state index contributed by atoms with van der Waals surface area (Å²) in [5.41, 5.74) is -0.597. The van der Waals surface area contributed by atoms with Gasteiger partial charge in [0.1, 0.15) is 0 Å². The summed E-state index contributed by atoms with van der Waals surface area (Å²) in [6, 6.07) is 0. The summed E-state index contributed by atoms with van der Waals surface area (Å²) in [7, 11) is 0. The van der Waals surface area contributed by atoms with Crippen LogP contribution >= 0.6 is 0 Å². The SMILES string of the molecule is CCNCC(C)C(=O)N1CCCC(C)(O)CC1. The highest BCUT2D eigenvalue weighted by molar-refractivity contribution is 5.78. The van der Waals surface area contributed by atoms with E-state index in [2.05, 4.69) is 5.32 Å². The Labute approximate surface area is 104 Å². The maximum absolute atomic E-state index is 12.2. The lowest BCUT2D eigenvalue weighted by Crippen LogP contribution is -2.40. The van der Waals surface area contributed by atoms with Crippen molar-refractivity contribution in [3.63, 3.8) is 0 Å². The second-order valence-corrected chi connectivity index (χ2v) is 5.38. The normalized spacial score (nSPS) is 27.6. The Morgan fingerprint density at radius 3 is 2.82 bits per heavy atom. The number of aliphatic hydroxyl groups is 1. The fourth-order valence-corrected chi connectivity index (χ4v) is 2.24. The summed E-state index contributed by atoms with van der Waals surface area (Å²) in [6.45, 7) is 8.97. The van der Waals surface area contributed by atoms with Crippen molar-refractivity contribution in [3.05, 3.63) is 0 Å². The van der Waals surface area contributed by atoms with Crippen LogP contribution in [0.2, 0.25) is 0 Å². The van der Waals surface area contributed by atoms with Gasteiger partial charge in [0.05, 0.1) is 5.60 Å². The summed E-state index contributed by atoms with van der Waals surface area (Å²) >= 11 is 0. The molecule has 0 aromatic heterocycles. The molecule has 4 heteroatoms. The molecule has 100 valence electrons. The molecule has 0 aliphatic carbocycles. The summed E-state index contributed by atoms with van der Waals surface area (Å²) < 4.78 is 0. The molecule has 1 aliphatic rings. The van der Waals surface area contributed by atoms with E-state index in [4.69, 9.17) is 0 Å². The van der Waals surface area contributed by atoms with E-state index in [1.54, 1.807) is 0 Å². The van der Waals surface area contributed by atoms with E-state index in [1.165, 1.54) is 0 Å². The molecule has 2 N–H and O–H groups in total. The predicted octanol–water partition coefficient (Wildman–Crippen LogP) is 0.995. The molecule has 1 fully saturated rings. The Kier molecular flexibility index (Phi) is 5.40. The van der Waals surface area contributed by atoms with Crippen molar-refractivity contribution < 1.29 is 9.90 Å². The number of hydrogen-bond donors (Lipinski definition) is 2. The van der Waals surface area contributed by atoms with E-state index < -0.39 is 5.60 Å². The monoisotopic (exact) mass is 242 g/mol. The smallest absolute Gasteiger partial charge is 0.226 e. The van der Waals surface area contributed by atoms with E-state index in [9.17, 15) is 9.90 Å². The van der Waals surface area contributed by atoms with Crippen molar-refractivity contribution in [1.82, 2.24) is 10.2 Å². The summed E-state index contributed by atoms with van der Waals surface area (Å²) in [5.74, 6) is 0.238. The van der Waals surface area contributed by atoms with Gasteiger partial charge in [-0.3, -0.25) is 4.79 Å². The van der Waals surface area contributed by atoms with Crippen LogP contribution < -0.4 is 5.32 Å². The highest BCUT2D eigenvalue weighted by Gasteiger charge is 2.28. The van der Waals surface area contributed by atoms with Gasteiger partial charge in [0.25, 0.3) is 0 Å². The first kappa shape index (κ1) is 14.5. The van der Waals surface area contributed by atoms with Crippen LogP contribution in [0.15, 0.2) is 0 Å². The lowest BCUT2D eigenvalue weighted by Gasteiger charge is -2.25. The van der Waals surface area contributed by atoms with Gasteiger partial charge in [-0.25, -0.2) is 0 Å². The maximum Gasteiger partial charge on any atom is 0.226 e. The predicted molar refractivity (Wildman–Crippen MR) is 68.8 cm³/mol. The van der Waals surface area contributed by atoms with Gasteiger partial charge in [0.2, 0.25) is 5.91 Å². The lowest BCUT2D eigenvalue weighted by molar-refractivity contribution is -0.134. The molecular formula is C13H26N2O2. The highest BCUT2D eigenvalue weighted by atomic mass is 16.3. The largest absolute Gasteiger partial charge is 0.390 e. The van der Waals surface area contributed by atoms with Crippen LogP contribution in [0.25, 0.3) is 0 Å². The zero-order valence-corrected chi connectivity index (χ0v) is 11.3. The van der Waals surface area contributed by atoms with Crippen LogP contribution in [0.5, 0.6) is 0 Å². The molecule has 0 aromatic carbocycles. The lowest BCUT2D eigenvalue weighted by atomic mass is 9.98. The quantitative estimate of drug-likeness (QED) is 0.773. The van der Waals surface area contributed by atoms with Gasteiger partial charge < -0.3 is 15.3 Å². The number of nitrogens with zero attached hydrogens (tertiary/aromatic N) is 1. The Balaban J connectivity index is 2.46. The van der Waals surface area contributed by atoms with Gasteiger partial charge in [0.15, 0.2) is 0 Å². The van der Waals surface area contributed by atoms with Crippen LogP contribution in [0, 0.1) is 5.92 Å². The fraction of sp³-hybridized carbons (Fsp3) is 0.923. The second kappa shape index (κ2) is 6.36. The van der Waals surface area contributed by atoms with Gasteiger partial charge >= 0.3 is 0 Å². The number of likely N-dealkylation sites (tertiary alicyclic amines) is 1. The number of carbonyl (C=O) groups excluding carboxylic acids is 1. The highest BCUT2D eigenvalue weighted by Crippen LogP contribution is 2.22. The molecular weight excluding hydrogens is 216 g/mol. The van der Waals surface area contributed by atoms with Crippen molar-refractivity contribution in [2.24, 2.45) is 5.92 Å². The van der Waals surface area contributed by atoms with E-state index in [-0.39, 0.29) is 11.8 Å². The molecule has 17 heavy (non-hydrogen) atoms. The van der Waals surface area contributed by atoms with Gasteiger partial charge in [-0.15, -0.1) is 0 Å². The molecule has 2 unspecified atom stereocenters. The molecule has 4 nitrogen and oxygen atoms in total. The van der Waals surface area contributed by atoms with Crippen LogP contribution in [0.3, 0.4) is 0 Å². The number of rotatable bonds is 4. The minimum absolute atomic E-state index is 0.0259. The molecule has 0 spiro atoms. The molecule has 0 radical (unpaired) electrons. The van der Waals surface area contributed by atoms with Crippen LogP contribution in [-0.4, -0.2) is 47.7 Å². The number of carbonyl (C=O) groups is 1. The summed E-state index contributed by atoms with van der Waals surface area (Å²) in [6.07, 6.45) is 2.37.